The maximum absolute atomic E-state index is 13.8. The average molecular weight is 323 g/mol. The number of aryl methyl sites for hydroxylation is 1. The Kier molecular flexibility index (Phi) is 11.6. The lowest BCUT2D eigenvalue weighted by molar-refractivity contribution is 0.183. The molecule has 0 spiro atoms. The van der Waals surface area contributed by atoms with Gasteiger partial charge >= 0.3 is 0 Å². The van der Waals surface area contributed by atoms with Crippen molar-refractivity contribution in [3.8, 4) is 5.75 Å². The predicted molar refractivity (Wildman–Crippen MR) is 98.1 cm³/mol. The van der Waals surface area contributed by atoms with Gasteiger partial charge in [0.2, 0.25) is 0 Å². The Morgan fingerprint density at radius 3 is 2.30 bits per heavy atom. The van der Waals surface area contributed by atoms with Crippen LogP contribution in [0.25, 0.3) is 0 Å². The summed E-state index contributed by atoms with van der Waals surface area (Å²) in [7, 11) is 0. The molecule has 1 nitrogen and oxygen atoms in total. The third kappa shape index (κ3) is 9.63. The molecule has 0 bridgehead atoms. The highest BCUT2D eigenvalue weighted by Gasteiger charge is 2.09. The molecule has 23 heavy (non-hydrogen) atoms. The third-order valence-corrected chi connectivity index (χ3v) is 4.31. The summed E-state index contributed by atoms with van der Waals surface area (Å²) in [4.78, 5) is 0. The summed E-state index contributed by atoms with van der Waals surface area (Å²) >= 11 is 0. The third-order valence-electron chi connectivity index (χ3n) is 4.31. The van der Waals surface area contributed by atoms with E-state index in [2.05, 4.69) is 19.9 Å². The molecule has 0 aliphatic carbocycles. The number of rotatable bonds is 14. The Bertz CT molecular complexity index is 391. The molecular weight excluding hydrogens is 287 g/mol. The first-order valence-corrected chi connectivity index (χ1v) is 9.62. The second kappa shape index (κ2) is 13.4. The van der Waals surface area contributed by atoms with E-state index in [-0.39, 0.29) is 6.61 Å². The monoisotopic (exact) mass is 322 g/mol. The quantitative estimate of drug-likeness (QED) is 0.339. The first-order valence-electron chi connectivity index (χ1n) is 9.62. The fraction of sp³-hybridized carbons (Fsp3) is 0.714. The van der Waals surface area contributed by atoms with Crippen molar-refractivity contribution in [2.75, 3.05) is 6.61 Å². The van der Waals surface area contributed by atoms with Crippen LogP contribution in [-0.4, -0.2) is 12.8 Å². The highest BCUT2D eigenvalue weighted by Crippen LogP contribution is 2.22. The van der Waals surface area contributed by atoms with Crippen molar-refractivity contribution in [2.45, 2.75) is 90.6 Å². The average Bonchev–Trinajstić information content (AvgIpc) is 2.57. The van der Waals surface area contributed by atoms with Crippen molar-refractivity contribution < 1.29 is 9.13 Å². The van der Waals surface area contributed by atoms with Gasteiger partial charge in [0, 0.05) is 0 Å². The molecule has 0 saturated carbocycles. The summed E-state index contributed by atoms with van der Waals surface area (Å²) < 4.78 is 19.6. The van der Waals surface area contributed by atoms with Crippen molar-refractivity contribution in [1.82, 2.24) is 0 Å². The van der Waals surface area contributed by atoms with E-state index in [9.17, 15) is 4.39 Å². The standard InChI is InChI=1S/C21H35FO/c1-3-5-7-8-9-11-14-19-15-12-13-17-21(19)23-18-20(22)16-10-6-4-2/h12-13,15,17,20H,3-11,14,16,18H2,1-2H3. The van der Waals surface area contributed by atoms with E-state index < -0.39 is 6.17 Å². The maximum atomic E-state index is 13.8. The summed E-state index contributed by atoms with van der Waals surface area (Å²) in [5.41, 5.74) is 1.23. The van der Waals surface area contributed by atoms with Gasteiger partial charge < -0.3 is 4.74 Å². The Morgan fingerprint density at radius 2 is 1.52 bits per heavy atom. The van der Waals surface area contributed by atoms with Gasteiger partial charge in [0.05, 0.1) is 0 Å². The van der Waals surface area contributed by atoms with Crippen LogP contribution in [0, 0.1) is 0 Å². The fourth-order valence-electron chi connectivity index (χ4n) is 2.83. The molecule has 1 rings (SSSR count). The molecule has 2 heteroatoms. The Labute approximate surface area is 142 Å². The number of para-hydroxylation sites is 1. The number of alkyl halides is 1. The molecule has 0 aliphatic heterocycles. The lowest BCUT2D eigenvalue weighted by atomic mass is 10.0. The summed E-state index contributed by atoms with van der Waals surface area (Å²) in [5, 5.41) is 0. The number of benzene rings is 1. The molecule has 0 heterocycles. The zero-order valence-electron chi connectivity index (χ0n) is 15.2. The molecule has 0 amide bonds. The molecular formula is C21H35FO. The minimum atomic E-state index is -0.844. The van der Waals surface area contributed by atoms with Gasteiger partial charge in [-0.05, 0) is 30.9 Å². The van der Waals surface area contributed by atoms with Crippen molar-refractivity contribution in [1.29, 1.82) is 0 Å². The summed E-state index contributed by atoms with van der Waals surface area (Å²) in [6.07, 6.45) is 11.8. The number of hydrogen-bond acceptors (Lipinski definition) is 1. The molecule has 0 aromatic heterocycles. The van der Waals surface area contributed by atoms with E-state index in [1.807, 2.05) is 18.2 Å². The number of unbranched alkanes of at least 4 members (excludes halogenated alkanes) is 7. The second-order valence-electron chi connectivity index (χ2n) is 6.53. The molecule has 0 fully saturated rings. The van der Waals surface area contributed by atoms with Crippen LogP contribution in [-0.2, 0) is 6.42 Å². The van der Waals surface area contributed by atoms with Crippen molar-refractivity contribution in [3.63, 3.8) is 0 Å². The predicted octanol–water partition coefficient (Wildman–Crippen LogP) is 6.89. The van der Waals surface area contributed by atoms with Crippen LogP contribution in [0.4, 0.5) is 4.39 Å². The Balaban J connectivity index is 2.29. The first kappa shape index (κ1) is 20.0. The summed E-state index contributed by atoms with van der Waals surface area (Å²) in [5.74, 6) is 0.874. The molecule has 0 N–H and O–H groups in total. The van der Waals surface area contributed by atoms with Crippen molar-refractivity contribution >= 4 is 0 Å². The molecule has 1 aromatic rings. The van der Waals surface area contributed by atoms with Crippen LogP contribution < -0.4 is 4.74 Å². The van der Waals surface area contributed by atoms with Gasteiger partial charge in [0.15, 0.2) is 0 Å². The minimum absolute atomic E-state index is 0.192. The van der Waals surface area contributed by atoms with E-state index >= 15 is 0 Å². The van der Waals surface area contributed by atoms with Crippen LogP contribution in [0.15, 0.2) is 24.3 Å². The Hall–Kier alpha value is -1.05. The number of hydrogen-bond donors (Lipinski definition) is 0. The second-order valence-corrected chi connectivity index (χ2v) is 6.53. The zero-order chi connectivity index (χ0) is 16.8. The Morgan fingerprint density at radius 1 is 0.870 bits per heavy atom. The lowest BCUT2D eigenvalue weighted by Crippen LogP contribution is -2.13. The first-order chi connectivity index (χ1) is 11.3. The van der Waals surface area contributed by atoms with E-state index in [0.29, 0.717) is 6.42 Å². The number of halogens is 1. The largest absolute Gasteiger partial charge is 0.490 e. The van der Waals surface area contributed by atoms with Crippen LogP contribution in [0.5, 0.6) is 5.75 Å². The van der Waals surface area contributed by atoms with Crippen molar-refractivity contribution in [2.24, 2.45) is 0 Å². The molecule has 0 saturated heterocycles. The molecule has 1 aromatic carbocycles. The minimum Gasteiger partial charge on any atom is -0.490 e. The summed E-state index contributed by atoms with van der Waals surface area (Å²) in [6.45, 7) is 4.58. The molecule has 0 radical (unpaired) electrons. The van der Waals surface area contributed by atoms with Gasteiger partial charge in [0.1, 0.15) is 18.5 Å². The van der Waals surface area contributed by atoms with Crippen LogP contribution in [0.2, 0.25) is 0 Å². The molecule has 132 valence electrons. The topological polar surface area (TPSA) is 9.23 Å². The molecule has 1 unspecified atom stereocenters. The molecule has 0 aliphatic rings. The van der Waals surface area contributed by atoms with Gasteiger partial charge in [-0.3, -0.25) is 0 Å². The van der Waals surface area contributed by atoms with E-state index in [1.165, 1.54) is 44.1 Å². The lowest BCUT2D eigenvalue weighted by Gasteiger charge is -2.14. The fourth-order valence-corrected chi connectivity index (χ4v) is 2.83. The van der Waals surface area contributed by atoms with E-state index in [1.54, 1.807) is 0 Å². The maximum Gasteiger partial charge on any atom is 0.134 e. The summed E-state index contributed by atoms with van der Waals surface area (Å²) in [6, 6.07) is 8.12. The number of ether oxygens (including phenoxy) is 1. The normalized spacial score (nSPS) is 12.3. The highest BCUT2D eigenvalue weighted by atomic mass is 19.1. The van der Waals surface area contributed by atoms with Crippen LogP contribution in [0.1, 0.15) is 83.6 Å². The van der Waals surface area contributed by atoms with E-state index in [0.717, 1.165) is 31.4 Å². The van der Waals surface area contributed by atoms with Gasteiger partial charge in [-0.25, -0.2) is 4.39 Å². The highest BCUT2D eigenvalue weighted by molar-refractivity contribution is 5.33. The van der Waals surface area contributed by atoms with Gasteiger partial charge in [0.25, 0.3) is 0 Å². The van der Waals surface area contributed by atoms with Crippen LogP contribution in [0.3, 0.4) is 0 Å². The molecule has 1 atom stereocenters. The zero-order valence-corrected chi connectivity index (χ0v) is 15.2. The van der Waals surface area contributed by atoms with E-state index in [4.69, 9.17) is 4.74 Å². The SMILES string of the molecule is CCCCCCCCc1ccccc1OCC(F)CCCCC. The van der Waals surface area contributed by atoms with Crippen molar-refractivity contribution in [3.05, 3.63) is 29.8 Å². The smallest absolute Gasteiger partial charge is 0.134 e. The van der Waals surface area contributed by atoms with Gasteiger partial charge in [-0.15, -0.1) is 0 Å². The van der Waals surface area contributed by atoms with Gasteiger partial charge in [-0.2, -0.15) is 0 Å². The van der Waals surface area contributed by atoms with Crippen LogP contribution >= 0.6 is 0 Å². The van der Waals surface area contributed by atoms with Gasteiger partial charge in [-0.1, -0.05) is 83.4 Å².